The predicted molar refractivity (Wildman–Crippen MR) is 101 cm³/mol. The van der Waals surface area contributed by atoms with E-state index in [1.165, 1.54) is 0 Å². The van der Waals surface area contributed by atoms with Gasteiger partial charge in [-0.2, -0.15) is 0 Å². The van der Waals surface area contributed by atoms with Gasteiger partial charge >= 0.3 is 0 Å². The van der Waals surface area contributed by atoms with Crippen molar-refractivity contribution in [3.63, 3.8) is 0 Å². The van der Waals surface area contributed by atoms with Crippen molar-refractivity contribution in [2.75, 3.05) is 18.4 Å². The molecule has 0 radical (unpaired) electrons. The van der Waals surface area contributed by atoms with Gasteiger partial charge in [-0.3, -0.25) is 9.59 Å². The minimum absolute atomic E-state index is 0.0769. The lowest BCUT2D eigenvalue weighted by Gasteiger charge is -2.37. The highest BCUT2D eigenvalue weighted by Crippen LogP contribution is 2.35. The number of rotatable bonds is 2. The van der Waals surface area contributed by atoms with Crippen LogP contribution >= 0.6 is 0 Å². The van der Waals surface area contributed by atoms with E-state index in [1.54, 1.807) is 30.0 Å². The van der Waals surface area contributed by atoms with Gasteiger partial charge in [0.1, 0.15) is 6.10 Å². The van der Waals surface area contributed by atoms with Crippen molar-refractivity contribution in [1.29, 1.82) is 0 Å². The first-order valence-electron chi connectivity index (χ1n) is 9.13. The van der Waals surface area contributed by atoms with Crippen LogP contribution in [0, 0.1) is 0 Å². The molecule has 0 bridgehead atoms. The number of carbonyl (C=O) groups excluding carboxylic acids is 2. The molecule has 6 heteroatoms. The highest BCUT2D eigenvalue weighted by Gasteiger charge is 2.33. The van der Waals surface area contributed by atoms with Crippen molar-refractivity contribution in [3.8, 4) is 5.75 Å². The second kappa shape index (κ2) is 7.04. The largest absolute Gasteiger partial charge is 0.478 e. The van der Waals surface area contributed by atoms with Gasteiger partial charge in [0.15, 0.2) is 11.9 Å². The van der Waals surface area contributed by atoms with Crippen molar-refractivity contribution in [2.45, 2.75) is 32.2 Å². The van der Waals surface area contributed by atoms with E-state index in [4.69, 9.17) is 9.47 Å². The standard InChI is InChI=1S/C21H22N2O4/c1-13-11-23(12-18(26-13)15-7-4-3-5-8-15)21(25)16-9-6-10-17-19(16)27-14(2)20(24)22-17/h3-10,13-14,18H,11-12H2,1-2H3,(H,22,24). The van der Waals surface area contributed by atoms with E-state index in [0.29, 0.717) is 30.1 Å². The van der Waals surface area contributed by atoms with Crippen LogP contribution in [0.2, 0.25) is 0 Å². The first-order chi connectivity index (χ1) is 13.0. The van der Waals surface area contributed by atoms with Gasteiger partial charge < -0.3 is 19.7 Å². The molecule has 2 amide bonds. The van der Waals surface area contributed by atoms with Crippen LogP contribution < -0.4 is 10.1 Å². The van der Waals surface area contributed by atoms with E-state index in [2.05, 4.69) is 5.32 Å². The molecule has 0 aliphatic carbocycles. The molecule has 0 spiro atoms. The average molecular weight is 366 g/mol. The van der Waals surface area contributed by atoms with Crippen LogP contribution in [0.25, 0.3) is 0 Å². The lowest BCUT2D eigenvalue weighted by Crippen LogP contribution is -2.46. The maximum atomic E-state index is 13.3. The van der Waals surface area contributed by atoms with Crippen LogP contribution in [0.15, 0.2) is 48.5 Å². The van der Waals surface area contributed by atoms with Crippen molar-refractivity contribution in [3.05, 3.63) is 59.7 Å². The molecule has 140 valence electrons. The Bertz CT molecular complexity index is 868. The van der Waals surface area contributed by atoms with Gasteiger partial charge in [-0.15, -0.1) is 0 Å². The Balaban J connectivity index is 1.61. The summed E-state index contributed by atoms with van der Waals surface area (Å²) in [5, 5.41) is 2.79. The summed E-state index contributed by atoms with van der Waals surface area (Å²) in [7, 11) is 0. The fourth-order valence-electron chi connectivity index (χ4n) is 3.53. The highest BCUT2D eigenvalue weighted by molar-refractivity contribution is 6.04. The van der Waals surface area contributed by atoms with Gasteiger partial charge in [-0.25, -0.2) is 0 Å². The lowest BCUT2D eigenvalue weighted by molar-refractivity contribution is -0.122. The molecule has 1 fully saturated rings. The van der Waals surface area contributed by atoms with Crippen LogP contribution in [0.4, 0.5) is 5.69 Å². The minimum Gasteiger partial charge on any atom is -0.478 e. The number of para-hydroxylation sites is 1. The third-order valence-electron chi connectivity index (χ3n) is 4.89. The smallest absolute Gasteiger partial charge is 0.265 e. The number of nitrogens with zero attached hydrogens (tertiary/aromatic N) is 1. The zero-order valence-corrected chi connectivity index (χ0v) is 15.3. The predicted octanol–water partition coefficient (Wildman–Crippen LogP) is 3.01. The molecule has 4 rings (SSSR count). The van der Waals surface area contributed by atoms with Crippen molar-refractivity contribution in [2.24, 2.45) is 0 Å². The molecule has 2 aliphatic heterocycles. The topological polar surface area (TPSA) is 67.9 Å². The van der Waals surface area contributed by atoms with Crippen molar-refractivity contribution in [1.82, 2.24) is 4.90 Å². The summed E-state index contributed by atoms with van der Waals surface area (Å²) in [4.78, 5) is 26.9. The first-order valence-corrected chi connectivity index (χ1v) is 9.13. The number of benzene rings is 2. The molecular weight excluding hydrogens is 344 g/mol. The average Bonchev–Trinajstić information content (AvgIpc) is 2.68. The quantitative estimate of drug-likeness (QED) is 0.887. The summed E-state index contributed by atoms with van der Waals surface area (Å²) in [6.07, 6.45) is -0.878. The van der Waals surface area contributed by atoms with Crippen LogP contribution in [-0.4, -0.2) is 42.0 Å². The number of carbonyl (C=O) groups is 2. The summed E-state index contributed by atoms with van der Waals surface area (Å²) in [6, 6.07) is 15.1. The molecule has 6 nitrogen and oxygen atoms in total. The Labute approximate surface area is 158 Å². The Morgan fingerprint density at radius 1 is 1.07 bits per heavy atom. The highest BCUT2D eigenvalue weighted by atomic mass is 16.5. The van der Waals surface area contributed by atoms with E-state index in [0.717, 1.165) is 5.56 Å². The molecule has 3 atom stereocenters. The zero-order valence-electron chi connectivity index (χ0n) is 15.3. The normalized spacial score (nSPS) is 24.6. The summed E-state index contributed by atoms with van der Waals surface area (Å²) in [6.45, 7) is 4.61. The Morgan fingerprint density at radius 3 is 2.63 bits per heavy atom. The molecular formula is C21H22N2O4. The number of fused-ring (bicyclic) bond motifs is 1. The molecule has 0 aromatic heterocycles. The molecule has 2 aliphatic rings. The van der Waals surface area contributed by atoms with Crippen LogP contribution in [-0.2, 0) is 9.53 Å². The summed E-state index contributed by atoms with van der Waals surface area (Å²) >= 11 is 0. The Kier molecular flexibility index (Phi) is 4.58. The summed E-state index contributed by atoms with van der Waals surface area (Å²) in [5.74, 6) is 0.104. The van der Waals surface area contributed by atoms with E-state index in [-0.39, 0.29) is 24.0 Å². The lowest BCUT2D eigenvalue weighted by atomic mass is 10.0. The van der Waals surface area contributed by atoms with Gasteiger partial charge in [0.05, 0.1) is 23.9 Å². The van der Waals surface area contributed by atoms with Crippen LogP contribution in [0.5, 0.6) is 5.75 Å². The van der Waals surface area contributed by atoms with Crippen LogP contribution in [0.3, 0.4) is 0 Å². The molecule has 2 aromatic rings. The monoisotopic (exact) mass is 366 g/mol. The van der Waals surface area contributed by atoms with Crippen molar-refractivity contribution < 1.29 is 19.1 Å². The molecule has 2 aromatic carbocycles. The van der Waals surface area contributed by atoms with Crippen molar-refractivity contribution >= 4 is 17.5 Å². The molecule has 3 unspecified atom stereocenters. The second-order valence-electron chi connectivity index (χ2n) is 6.99. The minimum atomic E-state index is -0.632. The molecule has 0 saturated carbocycles. The third kappa shape index (κ3) is 3.40. The number of nitrogens with one attached hydrogen (secondary N) is 1. The first kappa shape index (κ1) is 17.5. The van der Waals surface area contributed by atoms with Gasteiger partial charge in [0.25, 0.3) is 11.8 Å². The number of ether oxygens (including phenoxy) is 2. The summed E-state index contributed by atoms with van der Waals surface area (Å²) in [5.41, 5.74) is 2.04. The molecule has 27 heavy (non-hydrogen) atoms. The summed E-state index contributed by atoms with van der Waals surface area (Å²) < 4.78 is 11.8. The molecule has 2 heterocycles. The number of hydrogen-bond donors (Lipinski definition) is 1. The number of hydrogen-bond acceptors (Lipinski definition) is 4. The third-order valence-corrected chi connectivity index (χ3v) is 4.89. The van der Waals surface area contributed by atoms with E-state index in [1.807, 2.05) is 37.3 Å². The number of amides is 2. The van der Waals surface area contributed by atoms with Gasteiger partial charge in [-0.05, 0) is 31.5 Å². The Morgan fingerprint density at radius 2 is 1.85 bits per heavy atom. The maximum absolute atomic E-state index is 13.3. The number of morpholine rings is 1. The van der Waals surface area contributed by atoms with E-state index < -0.39 is 6.10 Å². The molecule has 1 N–H and O–H groups in total. The number of anilines is 1. The Hall–Kier alpha value is -2.86. The fraction of sp³-hybridized carbons (Fsp3) is 0.333. The SMILES string of the molecule is CC1CN(C(=O)c2cccc3c2OC(C)C(=O)N3)CC(c2ccccc2)O1. The van der Waals surface area contributed by atoms with Gasteiger partial charge in [0, 0.05) is 6.54 Å². The van der Waals surface area contributed by atoms with Crippen LogP contribution in [0.1, 0.15) is 35.9 Å². The fourth-order valence-corrected chi connectivity index (χ4v) is 3.53. The van der Waals surface area contributed by atoms with Gasteiger partial charge in [0.2, 0.25) is 0 Å². The van der Waals surface area contributed by atoms with E-state index in [9.17, 15) is 9.59 Å². The van der Waals surface area contributed by atoms with E-state index >= 15 is 0 Å². The molecule has 1 saturated heterocycles. The maximum Gasteiger partial charge on any atom is 0.265 e. The second-order valence-corrected chi connectivity index (χ2v) is 6.99. The van der Waals surface area contributed by atoms with Gasteiger partial charge in [-0.1, -0.05) is 36.4 Å². The zero-order chi connectivity index (χ0) is 19.0.